The highest BCUT2D eigenvalue weighted by Gasteiger charge is 2.37. The van der Waals surface area contributed by atoms with Crippen LogP contribution in [-0.2, 0) is 5.41 Å². The largest absolute Gasteiger partial charge is 0.0622 e. The highest BCUT2D eigenvalue weighted by molar-refractivity contribution is 6.28. The minimum absolute atomic E-state index is 0.0798. The van der Waals surface area contributed by atoms with Gasteiger partial charge in [0.05, 0.1) is 0 Å². The molecule has 0 atom stereocenters. The van der Waals surface area contributed by atoms with Crippen molar-refractivity contribution < 1.29 is 0 Å². The van der Waals surface area contributed by atoms with Gasteiger partial charge in [-0.15, -0.1) is 0 Å². The Balaban J connectivity index is 1.11. The molecule has 10 aromatic carbocycles. The van der Waals surface area contributed by atoms with E-state index in [-0.39, 0.29) is 5.41 Å². The molecule has 0 nitrogen and oxygen atoms in total. The zero-order valence-electron chi connectivity index (χ0n) is 31.0. The molecule has 258 valence electrons. The molecule has 0 N–H and O–H groups in total. The second-order valence-electron chi connectivity index (χ2n) is 15.6. The predicted molar refractivity (Wildman–Crippen MR) is 236 cm³/mol. The van der Waals surface area contributed by atoms with Crippen molar-refractivity contribution in [2.75, 3.05) is 0 Å². The molecule has 0 heteroatoms. The molecule has 0 aromatic heterocycles. The monoisotopic (exact) mass is 698 g/mol. The molecule has 1 aliphatic carbocycles. The molecule has 0 aliphatic heterocycles. The lowest BCUT2D eigenvalue weighted by Gasteiger charge is -2.23. The van der Waals surface area contributed by atoms with Gasteiger partial charge in [0.25, 0.3) is 0 Å². The van der Waals surface area contributed by atoms with Gasteiger partial charge in [-0.3, -0.25) is 0 Å². The van der Waals surface area contributed by atoms with Crippen LogP contribution in [0.1, 0.15) is 25.0 Å². The second kappa shape index (κ2) is 12.1. The third-order valence-corrected chi connectivity index (χ3v) is 12.2. The van der Waals surface area contributed by atoms with Crippen LogP contribution in [-0.4, -0.2) is 0 Å². The van der Waals surface area contributed by atoms with Crippen LogP contribution in [0.15, 0.2) is 194 Å². The molecule has 0 saturated heterocycles. The maximum Gasteiger partial charge on any atom is 0.0159 e. The van der Waals surface area contributed by atoms with Crippen LogP contribution in [0.2, 0.25) is 0 Å². The van der Waals surface area contributed by atoms with Gasteiger partial charge >= 0.3 is 0 Å². The highest BCUT2D eigenvalue weighted by atomic mass is 14.4. The Morgan fingerprint density at radius 1 is 0.291 bits per heavy atom. The van der Waals surface area contributed by atoms with Gasteiger partial charge in [-0.2, -0.15) is 0 Å². The van der Waals surface area contributed by atoms with Gasteiger partial charge in [-0.25, -0.2) is 0 Å². The molecule has 10 aromatic rings. The Morgan fingerprint density at radius 2 is 0.836 bits per heavy atom. The molecule has 0 bridgehead atoms. The molecule has 1 aliphatic rings. The fourth-order valence-corrected chi connectivity index (χ4v) is 9.67. The van der Waals surface area contributed by atoms with E-state index in [0.29, 0.717) is 0 Å². The van der Waals surface area contributed by atoms with Crippen LogP contribution < -0.4 is 0 Å². The molecular weight excluding hydrogens is 661 g/mol. The smallest absolute Gasteiger partial charge is 0.0159 e. The summed E-state index contributed by atoms with van der Waals surface area (Å²) < 4.78 is 0. The lowest BCUT2D eigenvalue weighted by Crippen LogP contribution is -2.15. The van der Waals surface area contributed by atoms with E-state index in [0.717, 1.165) is 0 Å². The average Bonchev–Trinajstić information content (AvgIpc) is 3.48. The van der Waals surface area contributed by atoms with Crippen LogP contribution in [0.4, 0.5) is 0 Å². The lowest BCUT2D eigenvalue weighted by atomic mass is 9.80. The van der Waals surface area contributed by atoms with Crippen LogP contribution >= 0.6 is 0 Å². The maximum absolute atomic E-state index is 2.48. The summed E-state index contributed by atoms with van der Waals surface area (Å²) in [6.45, 7) is 4.75. The molecule has 55 heavy (non-hydrogen) atoms. The standard InChI is InChI=1S/C55H38/c1-55(2)49-29-13-12-28-46(49)53-43-25-9-8-24-42(43)48(34-50(53)55)39-21-14-19-37(32-39)38-20-15-22-40(33-38)51-44-26-10-11-27-45(44)52(36-17-4-3-5-18-36)54-41-23-7-6-16-35(41)30-31-47(51)54/h3-34H,1-2H3. The SMILES string of the molecule is CC1(C)c2ccccc2-c2c1cc(-c1cccc(-c3cccc(-c4c5ccccc5c(-c5ccccc5)c5c4ccc4ccccc45)c3)c1)c1ccccc21. The Labute approximate surface area is 322 Å². The molecule has 0 fully saturated rings. The number of hydrogen-bond acceptors (Lipinski definition) is 0. The van der Waals surface area contributed by atoms with E-state index >= 15 is 0 Å². The average molecular weight is 699 g/mol. The first-order chi connectivity index (χ1) is 27.1. The van der Waals surface area contributed by atoms with Crippen LogP contribution in [0.3, 0.4) is 0 Å². The van der Waals surface area contributed by atoms with Gasteiger partial charge in [0.2, 0.25) is 0 Å². The first-order valence-corrected chi connectivity index (χ1v) is 19.4. The molecule has 0 amide bonds. The summed E-state index contributed by atoms with van der Waals surface area (Å²) >= 11 is 0. The number of fused-ring (bicyclic) bond motifs is 9. The van der Waals surface area contributed by atoms with Crippen molar-refractivity contribution in [3.8, 4) is 55.6 Å². The summed E-state index contributed by atoms with van der Waals surface area (Å²) in [6.07, 6.45) is 0. The molecule has 11 rings (SSSR count). The van der Waals surface area contributed by atoms with Gasteiger partial charge in [-0.1, -0.05) is 190 Å². The summed E-state index contributed by atoms with van der Waals surface area (Å²) in [5, 5.41) is 10.3. The van der Waals surface area contributed by atoms with Gasteiger partial charge < -0.3 is 0 Å². The normalized spacial score (nSPS) is 13.1. The van der Waals surface area contributed by atoms with Crippen LogP contribution in [0, 0.1) is 0 Å². The van der Waals surface area contributed by atoms with Crippen molar-refractivity contribution >= 4 is 43.1 Å². The van der Waals surface area contributed by atoms with E-state index in [1.165, 1.54) is 110 Å². The third-order valence-electron chi connectivity index (χ3n) is 12.2. The minimum atomic E-state index is -0.0798. The quantitative estimate of drug-likeness (QED) is 0.127. The van der Waals surface area contributed by atoms with Crippen molar-refractivity contribution in [2.24, 2.45) is 0 Å². The molecule has 0 spiro atoms. The fraction of sp³-hybridized carbons (Fsp3) is 0.0545. The third kappa shape index (κ3) is 4.78. The number of rotatable bonds is 4. The van der Waals surface area contributed by atoms with Crippen molar-refractivity contribution in [3.63, 3.8) is 0 Å². The Kier molecular flexibility index (Phi) is 7.00. The molecule has 0 radical (unpaired) electrons. The topological polar surface area (TPSA) is 0 Å². The molecule has 0 unspecified atom stereocenters. The predicted octanol–water partition coefficient (Wildman–Crippen LogP) is 15.3. The first kappa shape index (κ1) is 31.7. The van der Waals surface area contributed by atoms with Gasteiger partial charge in [0, 0.05) is 5.41 Å². The zero-order chi connectivity index (χ0) is 36.7. The van der Waals surface area contributed by atoms with Crippen molar-refractivity contribution in [2.45, 2.75) is 19.3 Å². The minimum Gasteiger partial charge on any atom is -0.0622 e. The maximum atomic E-state index is 2.48. The Hall–Kier alpha value is -6.76. The van der Waals surface area contributed by atoms with E-state index < -0.39 is 0 Å². The summed E-state index contributed by atoms with van der Waals surface area (Å²) in [7, 11) is 0. The van der Waals surface area contributed by atoms with Crippen molar-refractivity contribution in [1.29, 1.82) is 0 Å². The highest BCUT2D eigenvalue weighted by Crippen LogP contribution is 2.53. The molecule has 0 saturated carbocycles. The van der Waals surface area contributed by atoms with Crippen molar-refractivity contribution in [3.05, 3.63) is 205 Å². The van der Waals surface area contributed by atoms with E-state index in [9.17, 15) is 0 Å². The van der Waals surface area contributed by atoms with Gasteiger partial charge in [0.15, 0.2) is 0 Å². The zero-order valence-corrected chi connectivity index (χ0v) is 31.0. The fourth-order valence-electron chi connectivity index (χ4n) is 9.67. The van der Waals surface area contributed by atoms with E-state index in [4.69, 9.17) is 0 Å². The van der Waals surface area contributed by atoms with E-state index in [1.54, 1.807) is 0 Å². The van der Waals surface area contributed by atoms with Gasteiger partial charge in [-0.05, 0) is 128 Å². The summed E-state index contributed by atoms with van der Waals surface area (Å²) in [5.74, 6) is 0. The summed E-state index contributed by atoms with van der Waals surface area (Å²) in [6, 6.07) is 72.1. The second-order valence-corrected chi connectivity index (χ2v) is 15.6. The number of hydrogen-bond donors (Lipinski definition) is 0. The van der Waals surface area contributed by atoms with Crippen LogP contribution in [0.5, 0.6) is 0 Å². The van der Waals surface area contributed by atoms with E-state index in [2.05, 4.69) is 208 Å². The summed E-state index contributed by atoms with van der Waals surface area (Å²) in [5.41, 5.74) is 15.5. The molecule has 0 heterocycles. The number of benzene rings is 10. The molecular formula is C55H38. The Bertz CT molecular complexity index is 3160. The summed E-state index contributed by atoms with van der Waals surface area (Å²) in [4.78, 5) is 0. The first-order valence-electron chi connectivity index (χ1n) is 19.4. The van der Waals surface area contributed by atoms with E-state index in [1.807, 2.05) is 0 Å². The van der Waals surface area contributed by atoms with Crippen LogP contribution in [0.25, 0.3) is 98.7 Å². The van der Waals surface area contributed by atoms with Crippen molar-refractivity contribution in [1.82, 2.24) is 0 Å². The van der Waals surface area contributed by atoms with Gasteiger partial charge in [0.1, 0.15) is 0 Å². The lowest BCUT2D eigenvalue weighted by molar-refractivity contribution is 0.661. The Morgan fingerprint density at radius 3 is 1.60 bits per heavy atom.